The van der Waals surface area contributed by atoms with Gasteiger partial charge in [0.2, 0.25) is 5.82 Å². The van der Waals surface area contributed by atoms with Gasteiger partial charge in [-0.3, -0.25) is 14.4 Å². The third-order valence-electron chi connectivity index (χ3n) is 5.11. The summed E-state index contributed by atoms with van der Waals surface area (Å²) in [6.45, 7) is 2.02. The molecule has 2 aromatic heterocycles. The van der Waals surface area contributed by atoms with E-state index in [1.165, 1.54) is 26.1 Å². The number of nitrogens with zero attached hydrogens (tertiary/aromatic N) is 3. The summed E-state index contributed by atoms with van der Waals surface area (Å²) < 4.78 is 98.0. The monoisotopic (exact) mass is 482 g/mol. The smallest absolute Gasteiger partial charge is 0.264 e. The van der Waals surface area contributed by atoms with Gasteiger partial charge in [0.1, 0.15) is 4.90 Å². The van der Waals surface area contributed by atoms with E-state index < -0.39 is 51.2 Å². The number of rotatable bonds is 5. The van der Waals surface area contributed by atoms with E-state index >= 15 is 0 Å². The minimum Gasteiger partial charge on any atom is -0.276 e. The molecule has 0 saturated heterocycles. The maximum Gasteiger partial charge on any atom is 0.264 e. The van der Waals surface area contributed by atoms with Gasteiger partial charge < -0.3 is 0 Å². The van der Waals surface area contributed by atoms with Gasteiger partial charge >= 0.3 is 0 Å². The molecule has 172 valence electrons. The van der Waals surface area contributed by atoms with Crippen LogP contribution in [0.1, 0.15) is 17.0 Å². The van der Waals surface area contributed by atoms with E-state index in [-0.39, 0.29) is 27.5 Å². The molecule has 0 aliphatic heterocycles. The van der Waals surface area contributed by atoms with Crippen LogP contribution >= 0.6 is 0 Å². The van der Waals surface area contributed by atoms with E-state index in [0.29, 0.717) is 5.39 Å². The summed E-state index contributed by atoms with van der Waals surface area (Å²) in [5, 5.41) is 4.61. The lowest BCUT2D eigenvalue weighted by atomic mass is 10.1. The van der Waals surface area contributed by atoms with Crippen LogP contribution in [0.4, 0.5) is 27.6 Å². The Labute approximate surface area is 184 Å². The Morgan fingerprint density at radius 2 is 1.52 bits per heavy atom. The molecule has 1 N–H and O–H groups in total. The molecule has 4 aromatic rings. The number of nitrogens with one attached hydrogen (secondary N) is 1. The lowest BCUT2D eigenvalue weighted by Crippen LogP contribution is -2.15. The Balaban J connectivity index is 1.74. The standard InChI is InChI=1S/C21H15F5N4O2S/c1-10-20(29-33(31,32)14-7-3-5-12-6-4-8-27-21(12)14)11(2)30(28-10)9-13-15(22)17(24)19(26)18(25)16(13)23/h3-8,29H,9H2,1-2H3. The first kappa shape index (κ1) is 22.6. The molecular formula is C21H15F5N4O2S. The number of aryl methyl sites for hydroxylation is 1. The van der Waals surface area contributed by atoms with Crippen LogP contribution < -0.4 is 4.72 Å². The molecule has 0 amide bonds. The Bertz CT molecular complexity index is 1480. The number of fused-ring (bicyclic) bond motifs is 1. The number of anilines is 1. The third kappa shape index (κ3) is 3.80. The molecule has 12 heteroatoms. The highest BCUT2D eigenvalue weighted by molar-refractivity contribution is 7.93. The highest BCUT2D eigenvalue weighted by Gasteiger charge is 2.28. The van der Waals surface area contributed by atoms with E-state index in [9.17, 15) is 30.4 Å². The second-order valence-electron chi connectivity index (χ2n) is 7.19. The van der Waals surface area contributed by atoms with Gasteiger partial charge in [-0.2, -0.15) is 5.10 Å². The summed E-state index contributed by atoms with van der Waals surface area (Å²) in [5.41, 5.74) is -0.616. The summed E-state index contributed by atoms with van der Waals surface area (Å²) in [6, 6.07) is 7.95. The zero-order chi connectivity index (χ0) is 24.1. The second-order valence-corrected chi connectivity index (χ2v) is 8.84. The van der Waals surface area contributed by atoms with Gasteiger partial charge in [-0.1, -0.05) is 18.2 Å². The molecular weight excluding hydrogens is 467 g/mol. The quantitative estimate of drug-likeness (QED) is 0.256. The number of para-hydroxylation sites is 1. The SMILES string of the molecule is Cc1nn(Cc2c(F)c(F)c(F)c(F)c2F)c(C)c1NS(=O)(=O)c1cccc2cccnc12. The molecule has 2 aromatic carbocycles. The van der Waals surface area contributed by atoms with Crippen LogP contribution in [0, 0.1) is 42.9 Å². The molecule has 0 fully saturated rings. The largest absolute Gasteiger partial charge is 0.276 e. The molecule has 33 heavy (non-hydrogen) atoms. The molecule has 6 nitrogen and oxygen atoms in total. The topological polar surface area (TPSA) is 76.9 Å². The van der Waals surface area contributed by atoms with Crippen LogP contribution in [0.5, 0.6) is 0 Å². The summed E-state index contributed by atoms with van der Waals surface area (Å²) in [4.78, 5) is 4.01. The highest BCUT2D eigenvalue weighted by atomic mass is 32.2. The van der Waals surface area contributed by atoms with Gasteiger partial charge in [0, 0.05) is 11.6 Å². The normalized spacial score (nSPS) is 11.8. The number of benzene rings is 2. The van der Waals surface area contributed by atoms with Crippen molar-refractivity contribution in [1.29, 1.82) is 0 Å². The maximum atomic E-state index is 14.1. The molecule has 0 aliphatic carbocycles. The Morgan fingerprint density at radius 1 is 0.909 bits per heavy atom. The van der Waals surface area contributed by atoms with Crippen molar-refractivity contribution >= 4 is 26.6 Å². The van der Waals surface area contributed by atoms with Crippen LogP contribution in [0.15, 0.2) is 41.4 Å². The summed E-state index contributed by atoms with van der Waals surface area (Å²) in [7, 11) is -4.16. The first-order valence-electron chi connectivity index (χ1n) is 9.43. The lowest BCUT2D eigenvalue weighted by molar-refractivity contribution is 0.366. The molecule has 0 radical (unpaired) electrons. The first-order valence-corrected chi connectivity index (χ1v) is 10.9. The fraction of sp³-hybridized carbons (Fsp3) is 0.143. The van der Waals surface area contributed by atoms with Crippen LogP contribution in [-0.2, 0) is 16.6 Å². The van der Waals surface area contributed by atoms with Crippen LogP contribution in [-0.4, -0.2) is 23.2 Å². The maximum absolute atomic E-state index is 14.1. The van der Waals surface area contributed by atoms with Gasteiger partial charge in [-0.25, -0.2) is 30.4 Å². The fourth-order valence-electron chi connectivity index (χ4n) is 3.42. The highest BCUT2D eigenvalue weighted by Crippen LogP contribution is 2.29. The van der Waals surface area contributed by atoms with E-state index in [1.54, 1.807) is 24.3 Å². The Hall–Kier alpha value is -3.54. The summed E-state index contributed by atoms with van der Waals surface area (Å²) >= 11 is 0. The predicted octanol–water partition coefficient (Wildman–Crippen LogP) is 4.59. The van der Waals surface area contributed by atoms with Crippen molar-refractivity contribution in [3.05, 3.63) is 82.6 Å². The van der Waals surface area contributed by atoms with Crippen molar-refractivity contribution in [1.82, 2.24) is 14.8 Å². The molecule has 0 bridgehead atoms. The van der Waals surface area contributed by atoms with Crippen LogP contribution in [0.25, 0.3) is 10.9 Å². The molecule has 0 atom stereocenters. The molecule has 0 spiro atoms. The van der Waals surface area contributed by atoms with E-state index in [1.807, 2.05) is 0 Å². The van der Waals surface area contributed by atoms with E-state index in [0.717, 1.165) is 4.68 Å². The second kappa shape index (κ2) is 8.10. The van der Waals surface area contributed by atoms with Crippen molar-refractivity contribution < 1.29 is 30.4 Å². The Kier molecular flexibility index (Phi) is 5.56. The number of aromatic nitrogens is 3. The molecule has 0 aliphatic rings. The number of hydrogen-bond acceptors (Lipinski definition) is 4. The van der Waals surface area contributed by atoms with E-state index in [4.69, 9.17) is 0 Å². The minimum atomic E-state index is -4.16. The van der Waals surface area contributed by atoms with Gasteiger partial charge in [0.25, 0.3) is 10.0 Å². The van der Waals surface area contributed by atoms with Crippen LogP contribution in [0.2, 0.25) is 0 Å². The average Bonchev–Trinajstić information content (AvgIpc) is 3.05. The number of halogens is 5. The van der Waals surface area contributed by atoms with Gasteiger partial charge in [-0.15, -0.1) is 0 Å². The average molecular weight is 482 g/mol. The summed E-state index contributed by atoms with van der Waals surface area (Å²) in [5.74, 6) is -10.4. The Morgan fingerprint density at radius 3 is 2.18 bits per heavy atom. The van der Waals surface area contributed by atoms with Gasteiger partial charge in [0.05, 0.1) is 34.7 Å². The molecule has 4 rings (SSSR count). The predicted molar refractivity (Wildman–Crippen MR) is 110 cm³/mol. The van der Waals surface area contributed by atoms with E-state index in [2.05, 4.69) is 14.8 Å². The zero-order valence-corrected chi connectivity index (χ0v) is 17.9. The number of pyridine rings is 1. The first-order chi connectivity index (χ1) is 15.5. The zero-order valence-electron chi connectivity index (χ0n) is 17.1. The van der Waals surface area contributed by atoms with Gasteiger partial charge in [-0.05, 0) is 26.0 Å². The number of sulfonamides is 1. The molecule has 2 heterocycles. The van der Waals surface area contributed by atoms with Crippen molar-refractivity contribution in [2.75, 3.05) is 4.72 Å². The van der Waals surface area contributed by atoms with Crippen molar-refractivity contribution in [3.63, 3.8) is 0 Å². The molecule has 0 unspecified atom stereocenters. The van der Waals surface area contributed by atoms with Crippen LogP contribution in [0.3, 0.4) is 0 Å². The lowest BCUT2D eigenvalue weighted by Gasteiger charge is -2.12. The van der Waals surface area contributed by atoms with Crippen molar-refractivity contribution in [2.24, 2.45) is 0 Å². The summed E-state index contributed by atoms with van der Waals surface area (Å²) in [6.07, 6.45) is 1.44. The van der Waals surface area contributed by atoms with Crippen molar-refractivity contribution in [2.45, 2.75) is 25.3 Å². The van der Waals surface area contributed by atoms with Gasteiger partial charge in [0.15, 0.2) is 23.3 Å². The molecule has 0 saturated carbocycles. The fourth-order valence-corrected chi connectivity index (χ4v) is 4.78. The third-order valence-corrected chi connectivity index (χ3v) is 6.49. The number of hydrogen-bond donors (Lipinski definition) is 1. The minimum absolute atomic E-state index is 0.00630. The van der Waals surface area contributed by atoms with Crippen molar-refractivity contribution in [3.8, 4) is 0 Å².